The van der Waals surface area contributed by atoms with Crippen molar-refractivity contribution in [1.82, 2.24) is 15.3 Å². The number of halogens is 1. The van der Waals surface area contributed by atoms with E-state index in [1.165, 1.54) is 5.56 Å². The van der Waals surface area contributed by atoms with E-state index in [9.17, 15) is 0 Å². The summed E-state index contributed by atoms with van der Waals surface area (Å²) in [6, 6.07) is 8.27. The Hall–Kier alpha value is -1.45. The van der Waals surface area contributed by atoms with Gasteiger partial charge < -0.3 is 5.32 Å². The summed E-state index contributed by atoms with van der Waals surface area (Å²) in [5, 5.41) is 4.26. The highest BCUT2D eigenvalue weighted by Gasteiger charge is 2.08. The Kier molecular flexibility index (Phi) is 4.88. The first-order chi connectivity index (χ1) is 9.19. The predicted molar refractivity (Wildman–Crippen MR) is 78.1 cm³/mol. The second kappa shape index (κ2) is 6.64. The smallest absolute Gasteiger partial charge is 0.0724 e. The van der Waals surface area contributed by atoms with Crippen LogP contribution < -0.4 is 5.32 Å². The number of hydrogen-bond acceptors (Lipinski definition) is 3. The first-order valence-electron chi connectivity index (χ1n) is 6.45. The molecule has 1 unspecified atom stereocenters. The number of nitrogens with zero attached hydrogens (tertiary/aromatic N) is 2. The Morgan fingerprint density at radius 2 is 1.89 bits per heavy atom. The van der Waals surface area contributed by atoms with Gasteiger partial charge in [-0.2, -0.15) is 0 Å². The first-order valence-corrected chi connectivity index (χ1v) is 6.83. The fourth-order valence-corrected chi connectivity index (χ4v) is 2.06. The fraction of sp³-hybridized carbons (Fsp3) is 0.333. The molecule has 0 spiro atoms. The summed E-state index contributed by atoms with van der Waals surface area (Å²) in [5.41, 5.74) is 3.14. The van der Waals surface area contributed by atoms with Crippen molar-refractivity contribution in [1.29, 1.82) is 0 Å². The lowest BCUT2D eigenvalue weighted by Crippen LogP contribution is -2.21. The molecule has 0 aliphatic rings. The van der Waals surface area contributed by atoms with Crippen LogP contribution in [0, 0.1) is 6.92 Å². The van der Waals surface area contributed by atoms with Gasteiger partial charge >= 0.3 is 0 Å². The summed E-state index contributed by atoms with van der Waals surface area (Å²) in [6.07, 6.45) is 4.62. The zero-order valence-corrected chi connectivity index (χ0v) is 12.0. The summed E-state index contributed by atoms with van der Waals surface area (Å²) in [6.45, 7) is 4.81. The Morgan fingerprint density at radius 3 is 2.47 bits per heavy atom. The van der Waals surface area contributed by atoms with E-state index in [1.807, 2.05) is 25.3 Å². The second-order valence-electron chi connectivity index (χ2n) is 4.54. The summed E-state index contributed by atoms with van der Waals surface area (Å²) in [7, 11) is 0. The lowest BCUT2D eigenvalue weighted by Gasteiger charge is -2.17. The number of aromatic nitrogens is 2. The van der Waals surface area contributed by atoms with Crippen molar-refractivity contribution in [3.63, 3.8) is 0 Å². The van der Waals surface area contributed by atoms with E-state index < -0.39 is 0 Å². The highest BCUT2D eigenvalue weighted by Crippen LogP contribution is 2.19. The third-order valence-corrected chi connectivity index (χ3v) is 3.30. The van der Waals surface area contributed by atoms with E-state index in [0.29, 0.717) is 12.6 Å². The Morgan fingerprint density at radius 1 is 1.16 bits per heavy atom. The molecule has 0 amide bonds. The van der Waals surface area contributed by atoms with Crippen molar-refractivity contribution in [2.75, 3.05) is 0 Å². The van der Waals surface area contributed by atoms with Crippen molar-refractivity contribution in [2.45, 2.75) is 32.9 Å². The van der Waals surface area contributed by atoms with Gasteiger partial charge in [0.15, 0.2) is 0 Å². The SMILES string of the molecule is CCC(NCc1cnc(C)cn1)c1ccc(Cl)cc1. The van der Waals surface area contributed by atoms with E-state index in [0.717, 1.165) is 22.8 Å². The van der Waals surface area contributed by atoms with Crippen LogP contribution in [-0.2, 0) is 6.54 Å². The number of rotatable bonds is 5. The van der Waals surface area contributed by atoms with Gasteiger partial charge in [-0.3, -0.25) is 9.97 Å². The van der Waals surface area contributed by atoms with Gasteiger partial charge in [0.2, 0.25) is 0 Å². The summed E-state index contributed by atoms with van der Waals surface area (Å²) >= 11 is 5.91. The van der Waals surface area contributed by atoms with Gasteiger partial charge in [0.05, 0.1) is 11.4 Å². The minimum Gasteiger partial charge on any atom is -0.304 e. The molecule has 0 radical (unpaired) electrons. The highest BCUT2D eigenvalue weighted by molar-refractivity contribution is 6.30. The van der Waals surface area contributed by atoms with Crippen LogP contribution in [0.15, 0.2) is 36.7 Å². The number of aryl methyl sites for hydroxylation is 1. The van der Waals surface area contributed by atoms with Crippen LogP contribution in [0.1, 0.15) is 36.3 Å². The molecule has 1 aromatic heterocycles. The molecule has 2 rings (SSSR count). The topological polar surface area (TPSA) is 37.8 Å². The molecule has 0 saturated carbocycles. The summed E-state index contributed by atoms with van der Waals surface area (Å²) in [5.74, 6) is 0. The zero-order chi connectivity index (χ0) is 13.7. The molecule has 0 saturated heterocycles. The third kappa shape index (κ3) is 4.01. The van der Waals surface area contributed by atoms with Gasteiger partial charge in [-0.1, -0.05) is 30.7 Å². The van der Waals surface area contributed by atoms with E-state index in [1.54, 1.807) is 6.20 Å². The maximum absolute atomic E-state index is 5.91. The lowest BCUT2D eigenvalue weighted by molar-refractivity contribution is 0.513. The lowest BCUT2D eigenvalue weighted by atomic mass is 10.0. The molecule has 1 aromatic carbocycles. The molecule has 100 valence electrons. The van der Waals surface area contributed by atoms with Crippen LogP contribution in [0.3, 0.4) is 0 Å². The van der Waals surface area contributed by atoms with Crippen LogP contribution >= 0.6 is 11.6 Å². The summed E-state index contributed by atoms with van der Waals surface area (Å²) < 4.78 is 0. The maximum Gasteiger partial charge on any atom is 0.0724 e. The second-order valence-corrected chi connectivity index (χ2v) is 4.98. The van der Waals surface area contributed by atoms with Crippen LogP contribution in [0.5, 0.6) is 0 Å². The van der Waals surface area contributed by atoms with Gasteiger partial charge in [0.1, 0.15) is 0 Å². The molecular weight excluding hydrogens is 258 g/mol. The fourth-order valence-electron chi connectivity index (χ4n) is 1.93. The molecule has 1 atom stereocenters. The Labute approximate surface area is 119 Å². The molecule has 0 aliphatic carbocycles. The molecular formula is C15H18ClN3. The third-order valence-electron chi connectivity index (χ3n) is 3.04. The van der Waals surface area contributed by atoms with Crippen molar-refractivity contribution < 1.29 is 0 Å². The van der Waals surface area contributed by atoms with Gasteiger partial charge in [-0.25, -0.2) is 0 Å². The standard InChI is InChI=1S/C15H18ClN3/c1-3-15(12-4-6-13(16)7-5-12)19-10-14-9-17-11(2)8-18-14/h4-9,15,19H,3,10H2,1-2H3. The Balaban J connectivity index is 1.99. The molecule has 0 fully saturated rings. The zero-order valence-electron chi connectivity index (χ0n) is 11.2. The maximum atomic E-state index is 5.91. The minimum absolute atomic E-state index is 0.306. The largest absolute Gasteiger partial charge is 0.304 e. The molecule has 3 nitrogen and oxygen atoms in total. The quantitative estimate of drug-likeness (QED) is 0.905. The molecule has 1 N–H and O–H groups in total. The highest BCUT2D eigenvalue weighted by atomic mass is 35.5. The molecule has 19 heavy (non-hydrogen) atoms. The van der Waals surface area contributed by atoms with Gasteiger partial charge in [0, 0.05) is 30.0 Å². The first kappa shape index (κ1) is 14.0. The van der Waals surface area contributed by atoms with Crippen LogP contribution in [0.2, 0.25) is 5.02 Å². The molecule has 0 bridgehead atoms. The molecule has 1 heterocycles. The van der Waals surface area contributed by atoms with E-state index in [4.69, 9.17) is 11.6 Å². The van der Waals surface area contributed by atoms with Crippen LogP contribution in [0.25, 0.3) is 0 Å². The van der Waals surface area contributed by atoms with Gasteiger partial charge in [0.25, 0.3) is 0 Å². The van der Waals surface area contributed by atoms with E-state index >= 15 is 0 Å². The van der Waals surface area contributed by atoms with Crippen LogP contribution in [0.4, 0.5) is 0 Å². The Bertz CT molecular complexity index is 508. The average Bonchev–Trinajstić information content (AvgIpc) is 2.43. The predicted octanol–water partition coefficient (Wildman–Crippen LogP) is 3.68. The van der Waals surface area contributed by atoms with Gasteiger partial charge in [-0.05, 0) is 31.0 Å². The average molecular weight is 276 g/mol. The van der Waals surface area contributed by atoms with Crippen molar-refractivity contribution in [2.24, 2.45) is 0 Å². The van der Waals surface area contributed by atoms with Gasteiger partial charge in [-0.15, -0.1) is 0 Å². The number of benzene rings is 1. The molecule has 4 heteroatoms. The minimum atomic E-state index is 0.306. The van der Waals surface area contributed by atoms with Crippen molar-refractivity contribution >= 4 is 11.6 Å². The summed E-state index contributed by atoms with van der Waals surface area (Å²) in [4.78, 5) is 8.59. The number of nitrogens with one attached hydrogen (secondary N) is 1. The normalized spacial score (nSPS) is 12.4. The van der Waals surface area contributed by atoms with Crippen molar-refractivity contribution in [3.8, 4) is 0 Å². The molecule has 0 aliphatic heterocycles. The monoisotopic (exact) mass is 275 g/mol. The van der Waals surface area contributed by atoms with E-state index in [2.05, 4.69) is 34.3 Å². The van der Waals surface area contributed by atoms with Crippen LogP contribution in [-0.4, -0.2) is 9.97 Å². The van der Waals surface area contributed by atoms with E-state index in [-0.39, 0.29) is 0 Å². The van der Waals surface area contributed by atoms with Crippen molar-refractivity contribution in [3.05, 3.63) is 58.6 Å². The number of hydrogen-bond donors (Lipinski definition) is 1. The molecule has 2 aromatic rings.